The van der Waals surface area contributed by atoms with E-state index in [1.54, 1.807) is 0 Å². The zero-order valence-corrected chi connectivity index (χ0v) is 14.8. The Bertz CT molecular complexity index is 978. The molecule has 2 heterocycles. The van der Waals surface area contributed by atoms with E-state index in [9.17, 15) is 4.79 Å². The molecular formula is C20H21N5O2. The van der Waals surface area contributed by atoms with E-state index in [1.807, 2.05) is 35.2 Å². The lowest BCUT2D eigenvalue weighted by atomic mass is 9.97. The number of nitrogen functional groups attached to an aromatic ring is 1. The number of nitrogens with zero attached hydrogens (tertiary/aromatic N) is 3. The van der Waals surface area contributed by atoms with Crippen LogP contribution in [0.25, 0.3) is 10.8 Å². The van der Waals surface area contributed by atoms with Crippen LogP contribution in [-0.4, -0.2) is 34.1 Å². The lowest BCUT2D eigenvalue weighted by Gasteiger charge is -2.31. The van der Waals surface area contributed by atoms with E-state index in [4.69, 9.17) is 10.8 Å². The Hall–Kier alpha value is -3.35. The van der Waals surface area contributed by atoms with Crippen molar-refractivity contribution in [3.63, 3.8) is 0 Å². The molecular weight excluding hydrogens is 342 g/mol. The number of hydrogen-bond acceptors (Lipinski definition) is 6. The van der Waals surface area contributed by atoms with Crippen LogP contribution in [0.2, 0.25) is 0 Å². The van der Waals surface area contributed by atoms with Gasteiger partial charge >= 0.3 is 5.97 Å². The van der Waals surface area contributed by atoms with Crippen LogP contribution in [0, 0.1) is 5.92 Å². The van der Waals surface area contributed by atoms with E-state index in [0.717, 1.165) is 16.5 Å². The molecule has 138 valence electrons. The summed E-state index contributed by atoms with van der Waals surface area (Å²) >= 11 is 0. The first-order chi connectivity index (χ1) is 13.1. The van der Waals surface area contributed by atoms with Crippen LogP contribution in [0.3, 0.4) is 0 Å². The van der Waals surface area contributed by atoms with Crippen LogP contribution >= 0.6 is 0 Å². The number of nitrogens with two attached hydrogens (primary N) is 1. The van der Waals surface area contributed by atoms with Gasteiger partial charge in [-0.2, -0.15) is 0 Å². The molecule has 7 heteroatoms. The number of carbonyl (C=O) groups is 1. The highest BCUT2D eigenvalue weighted by molar-refractivity contribution is 5.96. The van der Waals surface area contributed by atoms with Crippen LogP contribution in [0.15, 0.2) is 48.8 Å². The number of carboxylic acids is 1. The molecule has 0 unspecified atom stereocenters. The molecule has 0 radical (unpaired) electrons. The number of aliphatic carboxylic acids is 1. The Kier molecular flexibility index (Phi) is 4.50. The van der Waals surface area contributed by atoms with Gasteiger partial charge in [-0.15, -0.1) is 0 Å². The van der Waals surface area contributed by atoms with Crippen molar-refractivity contribution in [2.45, 2.75) is 12.8 Å². The Balaban J connectivity index is 1.60. The summed E-state index contributed by atoms with van der Waals surface area (Å²) in [5.41, 5.74) is 7.75. The second-order valence-electron chi connectivity index (χ2n) is 6.71. The number of piperidine rings is 1. The van der Waals surface area contributed by atoms with Crippen LogP contribution in [0.4, 0.5) is 23.0 Å². The highest BCUT2D eigenvalue weighted by Crippen LogP contribution is 2.33. The molecule has 0 aliphatic carbocycles. The van der Waals surface area contributed by atoms with Crippen LogP contribution in [-0.2, 0) is 4.79 Å². The normalized spacial score (nSPS) is 15.0. The standard InChI is InChI=1S/C20H21N5O2/c21-17-18(24-16-7-3-5-13-4-1-2-6-15(13)16)22-12-23-19(17)25-10-8-14(9-11-25)20(26)27/h1-7,12,14H,8-11,21H2,(H,26,27)(H,22,23,24). The average Bonchev–Trinajstić information content (AvgIpc) is 2.70. The summed E-state index contributed by atoms with van der Waals surface area (Å²) in [7, 11) is 0. The average molecular weight is 363 g/mol. The van der Waals surface area contributed by atoms with E-state index in [1.165, 1.54) is 6.33 Å². The second kappa shape index (κ2) is 7.11. The van der Waals surface area contributed by atoms with Gasteiger partial charge in [-0.3, -0.25) is 4.79 Å². The SMILES string of the molecule is Nc1c(Nc2cccc3ccccc23)ncnc1N1CCC(C(=O)O)CC1. The van der Waals surface area contributed by atoms with Crippen molar-refractivity contribution in [2.24, 2.45) is 5.92 Å². The maximum atomic E-state index is 11.2. The van der Waals surface area contributed by atoms with E-state index in [0.29, 0.717) is 43.3 Å². The van der Waals surface area contributed by atoms with Gasteiger partial charge in [0.25, 0.3) is 0 Å². The van der Waals surface area contributed by atoms with Crippen molar-refractivity contribution in [1.82, 2.24) is 9.97 Å². The maximum Gasteiger partial charge on any atom is 0.306 e. The molecule has 0 saturated carbocycles. The highest BCUT2D eigenvalue weighted by atomic mass is 16.4. The molecule has 1 aromatic heterocycles. The first kappa shape index (κ1) is 17.1. The molecule has 1 aliphatic heterocycles. The first-order valence-electron chi connectivity index (χ1n) is 8.96. The van der Waals surface area contributed by atoms with E-state index in [-0.39, 0.29) is 5.92 Å². The lowest BCUT2D eigenvalue weighted by molar-refractivity contribution is -0.142. The third-order valence-corrected chi connectivity index (χ3v) is 5.05. The fourth-order valence-corrected chi connectivity index (χ4v) is 3.54. The maximum absolute atomic E-state index is 11.2. The number of anilines is 4. The summed E-state index contributed by atoms with van der Waals surface area (Å²) in [6.07, 6.45) is 2.66. The van der Waals surface area contributed by atoms with Gasteiger partial charge in [0.2, 0.25) is 0 Å². The smallest absolute Gasteiger partial charge is 0.306 e. The molecule has 2 aromatic carbocycles. The monoisotopic (exact) mass is 363 g/mol. The van der Waals surface area contributed by atoms with Gasteiger partial charge in [-0.1, -0.05) is 36.4 Å². The number of carboxylic acid groups (broad SMARTS) is 1. The molecule has 0 bridgehead atoms. The molecule has 1 fully saturated rings. The van der Waals surface area contributed by atoms with Crippen molar-refractivity contribution < 1.29 is 9.90 Å². The van der Waals surface area contributed by atoms with Gasteiger partial charge in [-0.05, 0) is 24.3 Å². The van der Waals surface area contributed by atoms with Gasteiger partial charge in [0.1, 0.15) is 12.0 Å². The lowest BCUT2D eigenvalue weighted by Crippen LogP contribution is -2.37. The second-order valence-corrected chi connectivity index (χ2v) is 6.71. The number of nitrogens with one attached hydrogen (secondary N) is 1. The number of rotatable bonds is 4. The van der Waals surface area contributed by atoms with Crippen molar-refractivity contribution >= 4 is 39.8 Å². The summed E-state index contributed by atoms with van der Waals surface area (Å²) in [4.78, 5) is 21.8. The molecule has 0 spiro atoms. The van der Waals surface area contributed by atoms with Crippen LogP contribution in [0.5, 0.6) is 0 Å². The molecule has 3 aromatic rings. The van der Waals surface area contributed by atoms with Crippen molar-refractivity contribution in [2.75, 3.05) is 29.0 Å². The zero-order valence-electron chi connectivity index (χ0n) is 14.8. The summed E-state index contributed by atoms with van der Waals surface area (Å²) in [5, 5.41) is 14.7. The number of benzene rings is 2. The first-order valence-corrected chi connectivity index (χ1v) is 8.96. The fourth-order valence-electron chi connectivity index (χ4n) is 3.54. The molecule has 4 N–H and O–H groups in total. The van der Waals surface area contributed by atoms with Gasteiger partial charge in [-0.25, -0.2) is 9.97 Å². The Morgan fingerprint density at radius 3 is 2.63 bits per heavy atom. The minimum absolute atomic E-state index is 0.294. The zero-order chi connectivity index (χ0) is 18.8. The predicted octanol–water partition coefficient (Wildman–Crippen LogP) is 3.26. The topological polar surface area (TPSA) is 104 Å². The summed E-state index contributed by atoms with van der Waals surface area (Å²) < 4.78 is 0. The molecule has 27 heavy (non-hydrogen) atoms. The fraction of sp³-hybridized carbons (Fsp3) is 0.250. The molecule has 4 rings (SSSR count). The summed E-state index contributed by atoms with van der Waals surface area (Å²) in [6.45, 7) is 1.23. The molecule has 0 amide bonds. The van der Waals surface area contributed by atoms with Crippen LogP contribution < -0.4 is 16.0 Å². The van der Waals surface area contributed by atoms with Gasteiger partial charge in [0.15, 0.2) is 11.6 Å². The third-order valence-electron chi connectivity index (χ3n) is 5.05. The summed E-state index contributed by atoms with van der Waals surface area (Å²) in [5.74, 6) is 0.175. The quantitative estimate of drug-likeness (QED) is 0.653. The molecule has 7 nitrogen and oxygen atoms in total. The minimum atomic E-state index is -0.733. The van der Waals surface area contributed by atoms with Gasteiger partial charge in [0.05, 0.1) is 5.92 Å². The van der Waals surface area contributed by atoms with Gasteiger partial charge in [0, 0.05) is 24.2 Å². The van der Waals surface area contributed by atoms with E-state index in [2.05, 4.69) is 27.4 Å². The molecule has 1 saturated heterocycles. The predicted molar refractivity (Wildman–Crippen MR) is 106 cm³/mol. The highest BCUT2D eigenvalue weighted by Gasteiger charge is 2.26. The Morgan fingerprint density at radius 2 is 1.85 bits per heavy atom. The van der Waals surface area contributed by atoms with Gasteiger partial charge < -0.3 is 21.1 Å². The molecule has 0 atom stereocenters. The van der Waals surface area contributed by atoms with Crippen molar-refractivity contribution in [3.8, 4) is 0 Å². The van der Waals surface area contributed by atoms with E-state index >= 15 is 0 Å². The van der Waals surface area contributed by atoms with Crippen LogP contribution in [0.1, 0.15) is 12.8 Å². The van der Waals surface area contributed by atoms with Crippen molar-refractivity contribution in [3.05, 3.63) is 48.8 Å². The summed E-state index contributed by atoms with van der Waals surface area (Å²) in [6, 6.07) is 14.1. The number of aromatic nitrogens is 2. The van der Waals surface area contributed by atoms with E-state index < -0.39 is 5.97 Å². The largest absolute Gasteiger partial charge is 0.481 e. The Labute approximate surface area is 156 Å². The minimum Gasteiger partial charge on any atom is -0.481 e. The number of hydrogen-bond donors (Lipinski definition) is 3. The molecule has 1 aliphatic rings. The number of fused-ring (bicyclic) bond motifs is 1. The third kappa shape index (κ3) is 3.36. The van der Waals surface area contributed by atoms with Crippen molar-refractivity contribution in [1.29, 1.82) is 0 Å². The Morgan fingerprint density at radius 1 is 1.11 bits per heavy atom.